The maximum atomic E-state index is 11.5. The van der Waals surface area contributed by atoms with Crippen molar-refractivity contribution in [1.82, 2.24) is 5.16 Å². The molecule has 1 heterocycles. The average molecular weight is 311 g/mol. The molecule has 0 N–H and O–H groups in total. The summed E-state index contributed by atoms with van der Waals surface area (Å²) in [5, 5.41) is 5.02. The number of esters is 1. The van der Waals surface area contributed by atoms with E-state index in [0.717, 1.165) is 16.6 Å². The predicted molar refractivity (Wildman–Crippen MR) is 86.2 cm³/mol. The molecule has 0 bridgehead atoms. The van der Waals surface area contributed by atoms with Crippen LogP contribution in [0.25, 0.3) is 22.2 Å². The summed E-state index contributed by atoms with van der Waals surface area (Å²) in [6.45, 7) is 3.45. The Kier molecular flexibility index (Phi) is 4.28. The summed E-state index contributed by atoms with van der Waals surface area (Å²) in [7, 11) is 0. The Bertz CT molecular complexity index is 808. The number of ether oxygens (including phenoxy) is 2. The number of fused-ring (bicyclic) bond motifs is 1. The van der Waals surface area contributed by atoms with Crippen LogP contribution in [-0.2, 0) is 9.53 Å². The Labute approximate surface area is 133 Å². The molecule has 0 radical (unpaired) electrons. The van der Waals surface area contributed by atoms with E-state index in [1.165, 1.54) is 0 Å². The Morgan fingerprint density at radius 1 is 1.17 bits per heavy atom. The lowest BCUT2D eigenvalue weighted by molar-refractivity contribution is -0.149. The third-order valence-electron chi connectivity index (χ3n) is 3.21. The average Bonchev–Trinajstić information content (AvgIpc) is 2.96. The zero-order valence-electron chi connectivity index (χ0n) is 13.0. The maximum Gasteiger partial charge on any atom is 0.344 e. The van der Waals surface area contributed by atoms with E-state index >= 15 is 0 Å². The van der Waals surface area contributed by atoms with Crippen molar-refractivity contribution in [3.8, 4) is 17.0 Å². The third-order valence-corrected chi connectivity index (χ3v) is 3.21. The Morgan fingerprint density at radius 3 is 2.70 bits per heavy atom. The number of carbonyl (C=O) groups excluding carboxylic acids is 1. The molecule has 118 valence electrons. The monoisotopic (exact) mass is 311 g/mol. The van der Waals surface area contributed by atoms with Crippen LogP contribution in [0.3, 0.4) is 0 Å². The minimum Gasteiger partial charge on any atom is -0.482 e. The molecule has 0 aliphatic heterocycles. The second kappa shape index (κ2) is 6.52. The Morgan fingerprint density at radius 2 is 1.96 bits per heavy atom. The number of benzene rings is 2. The van der Waals surface area contributed by atoms with Crippen LogP contribution in [0.1, 0.15) is 13.8 Å². The predicted octanol–water partition coefficient (Wildman–Crippen LogP) is 3.83. The summed E-state index contributed by atoms with van der Waals surface area (Å²) < 4.78 is 15.8. The van der Waals surface area contributed by atoms with Crippen molar-refractivity contribution in [2.75, 3.05) is 6.61 Å². The van der Waals surface area contributed by atoms with Gasteiger partial charge in [0.1, 0.15) is 11.4 Å². The van der Waals surface area contributed by atoms with Gasteiger partial charge in [0.25, 0.3) is 0 Å². The van der Waals surface area contributed by atoms with Crippen LogP contribution < -0.4 is 4.74 Å². The lowest BCUT2D eigenvalue weighted by Crippen LogP contribution is -2.18. The number of carbonyl (C=O) groups is 1. The summed E-state index contributed by atoms with van der Waals surface area (Å²) in [5.41, 5.74) is 2.38. The van der Waals surface area contributed by atoms with Gasteiger partial charge in [0, 0.05) is 17.0 Å². The largest absolute Gasteiger partial charge is 0.482 e. The molecular weight excluding hydrogens is 294 g/mol. The Balaban J connectivity index is 1.77. The fourth-order valence-electron chi connectivity index (χ4n) is 2.25. The second-order valence-corrected chi connectivity index (χ2v) is 5.38. The van der Waals surface area contributed by atoms with Gasteiger partial charge in [-0.3, -0.25) is 0 Å². The van der Waals surface area contributed by atoms with Crippen molar-refractivity contribution in [3.05, 3.63) is 48.5 Å². The summed E-state index contributed by atoms with van der Waals surface area (Å²) in [6, 6.07) is 15.2. The van der Waals surface area contributed by atoms with E-state index in [2.05, 4.69) is 5.16 Å². The Hall–Kier alpha value is -2.82. The van der Waals surface area contributed by atoms with Gasteiger partial charge in [-0.15, -0.1) is 0 Å². The summed E-state index contributed by atoms with van der Waals surface area (Å²) in [5.74, 6) is 0.136. The highest BCUT2D eigenvalue weighted by Gasteiger charge is 2.12. The van der Waals surface area contributed by atoms with Crippen molar-refractivity contribution in [2.24, 2.45) is 0 Å². The highest BCUT2D eigenvalue weighted by atomic mass is 16.6. The van der Waals surface area contributed by atoms with E-state index < -0.39 is 5.97 Å². The maximum absolute atomic E-state index is 11.5. The zero-order valence-corrected chi connectivity index (χ0v) is 13.0. The number of nitrogens with zero attached hydrogens (tertiary/aromatic N) is 1. The highest BCUT2D eigenvalue weighted by molar-refractivity contribution is 5.92. The van der Waals surface area contributed by atoms with Crippen molar-refractivity contribution in [3.63, 3.8) is 0 Å². The molecule has 5 heteroatoms. The first-order valence-electron chi connectivity index (χ1n) is 7.40. The lowest BCUT2D eigenvalue weighted by atomic mass is 10.1. The van der Waals surface area contributed by atoms with E-state index in [9.17, 15) is 4.79 Å². The van der Waals surface area contributed by atoms with Crippen LogP contribution >= 0.6 is 0 Å². The molecule has 0 saturated carbocycles. The molecule has 0 aliphatic rings. The molecule has 0 aliphatic carbocycles. The molecule has 0 unspecified atom stereocenters. The van der Waals surface area contributed by atoms with Gasteiger partial charge in [-0.2, -0.15) is 0 Å². The van der Waals surface area contributed by atoms with Crippen molar-refractivity contribution >= 4 is 16.9 Å². The number of aromatic nitrogens is 1. The molecule has 0 amide bonds. The van der Waals surface area contributed by atoms with Crippen molar-refractivity contribution in [1.29, 1.82) is 0 Å². The van der Waals surface area contributed by atoms with E-state index in [-0.39, 0.29) is 12.7 Å². The summed E-state index contributed by atoms with van der Waals surface area (Å²) >= 11 is 0. The fourth-order valence-corrected chi connectivity index (χ4v) is 2.25. The normalized spacial score (nSPS) is 10.9. The SMILES string of the molecule is CC(C)OC(=O)COc1ccc2c(-c3ccccc3)noc2c1. The summed E-state index contributed by atoms with van der Waals surface area (Å²) in [6.07, 6.45) is -0.156. The van der Waals surface area contributed by atoms with Gasteiger partial charge in [-0.05, 0) is 26.0 Å². The minimum absolute atomic E-state index is 0.136. The van der Waals surface area contributed by atoms with Crippen LogP contribution in [0.5, 0.6) is 5.75 Å². The van der Waals surface area contributed by atoms with Gasteiger partial charge < -0.3 is 14.0 Å². The zero-order chi connectivity index (χ0) is 16.2. The number of rotatable bonds is 5. The van der Waals surface area contributed by atoms with E-state index in [4.69, 9.17) is 14.0 Å². The second-order valence-electron chi connectivity index (χ2n) is 5.38. The molecule has 0 fully saturated rings. The molecule has 1 aromatic heterocycles. The number of hydrogen-bond acceptors (Lipinski definition) is 5. The van der Waals surface area contributed by atoms with Crippen LogP contribution in [0.15, 0.2) is 53.1 Å². The van der Waals surface area contributed by atoms with Gasteiger partial charge >= 0.3 is 5.97 Å². The molecule has 0 atom stereocenters. The van der Waals surface area contributed by atoms with Gasteiger partial charge in [0.05, 0.1) is 6.10 Å². The highest BCUT2D eigenvalue weighted by Crippen LogP contribution is 2.30. The van der Waals surface area contributed by atoms with E-state index in [1.54, 1.807) is 26.0 Å². The molecule has 5 nitrogen and oxygen atoms in total. The molecule has 23 heavy (non-hydrogen) atoms. The molecule has 0 spiro atoms. The molecular formula is C18H17NO4. The van der Waals surface area contributed by atoms with Crippen LogP contribution in [0, 0.1) is 0 Å². The van der Waals surface area contributed by atoms with E-state index in [1.807, 2.05) is 36.4 Å². The first-order chi connectivity index (χ1) is 11.1. The van der Waals surface area contributed by atoms with Gasteiger partial charge in [-0.25, -0.2) is 4.79 Å². The molecule has 0 saturated heterocycles. The third kappa shape index (κ3) is 3.51. The molecule has 3 rings (SSSR count). The molecule has 2 aromatic carbocycles. The standard InChI is InChI=1S/C18H17NO4/c1-12(2)22-17(20)11-21-14-8-9-15-16(10-14)23-19-18(15)13-6-4-3-5-7-13/h3-10,12H,11H2,1-2H3. The van der Waals surface area contributed by atoms with Gasteiger partial charge in [-0.1, -0.05) is 35.5 Å². The first-order valence-corrected chi connectivity index (χ1v) is 7.40. The van der Waals surface area contributed by atoms with Crippen molar-refractivity contribution < 1.29 is 18.8 Å². The minimum atomic E-state index is -0.400. The molecule has 3 aromatic rings. The van der Waals surface area contributed by atoms with Crippen LogP contribution in [-0.4, -0.2) is 23.8 Å². The van der Waals surface area contributed by atoms with Crippen molar-refractivity contribution in [2.45, 2.75) is 20.0 Å². The number of hydrogen-bond donors (Lipinski definition) is 0. The first kappa shape index (κ1) is 15.1. The van der Waals surface area contributed by atoms with Crippen LogP contribution in [0.2, 0.25) is 0 Å². The van der Waals surface area contributed by atoms with E-state index in [0.29, 0.717) is 11.3 Å². The van der Waals surface area contributed by atoms with Gasteiger partial charge in [0.2, 0.25) is 0 Å². The lowest BCUT2D eigenvalue weighted by Gasteiger charge is -2.09. The summed E-state index contributed by atoms with van der Waals surface area (Å²) in [4.78, 5) is 11.5. The topological polar surface area (TPSA) is 61.6 Å². The smallest absolute Gasteiger partial charge is 0.344 e. The fraction of sp³-hybridized carbons (Fsp3) is 0.222. The van der Waals surface area contributed by atoms with Gasteiger partial charge in [0.15, 0.2) is 12.2 Å². The quantitative estimate of drug-likeness (QED) is 0.670. The van der Waals surface area contributed by atoms with Crippen LogP contribution in [0.4, 0.5) is 0 Å².